The first-order valence-corrected chi connectivity index (χ1v) is 5.79. The van der Waals surface area contributed by atoms with Gasteiger partial charge < -0.3 is 9.84 Å². The van der Waals surface area contributed by atoms with Gasteiger partial charge in [-0.3, -0.25) is 0 Å². The number of aromatic hydroxyl groups is 1. The highest BCUT2D eigenvalue weighted by atomic mass is 19.2. The molecule has 6 heteroatoms. The minimum Gasteiger partial charge on any atom is -0.503 e. The van der Waals surface area contributed by atoms with Crippen molar-refractivity contribution in [2.24, 2.45) is 4.99 Å². The highest BCUT2D eigenvalue weighted by molar-refractivity contribution is 5.97. The lowest BCUT2D eigenvalue weighted by molar-refractivity contribution is 0.174. The summed E-state index contributed by atoms with van der Waals surface area (Å²) >= 11 is 0. The van der Waals surface area contributed by atoms with Crippen LogP contribution >= 0.6 is 0 Å². The smallest absolute Gasteiger partial charge is 0.220 e. The molecule has 1 aliphatic rings. The molecule has 0 amide bonds. The average Bonchev–Trinajstić information content (AvgIpc) is 2.59. The molecule has 1 unspecified atom stereocenters. The van der Waals surface area contributed by atoms with E-state index >= 15 is 0 Å². The Balaban J connectivity index is 2.66. The predicted molar refractivity (Wildman–Crippen MR) is 63.9 cm³/mol. The molecule has 104 valence electrons. The lowest BCUT2D eigenvalue weighted by Gasteiger charge is -2.18. The predicted octanol–water partition coefficient (Wildman–Crippen LogP) is 3.06. The Hall–Kier alpha value is -1.72. The molecular formula is C13H14F3NO2. The summed E-state index contributed by atoms with van der Waals surface area (Å²) in [5.41, 5.74) is -1.22. The third-order valence-corrected chi connectivity index (χ3v) is 3.42. The highest BCUT2D eigenvalue weighted by Crippen LogP contribution is 2.34. The van der Waals surface area contributed by atoms with Crippen molar-refractivity contribution in [2.45, 2.75) is 39.3 Å². The SMILES string of the molecule is Cc1c(F)c(F)c(O)c(F)c1C1=NC(C)(C)C(C)O1. The standard InChI is InChI=1S/C13H14F3NO2/c1-5-7(9(15)11(18)10(16)8(5)14)12-17-13(3,4)6(2)19-12/h6,18H,1-4H3. The Morgan fingerprint density at radius 3 is 2.21 bits per heavy atom. The number of benzene rings is 1. The maximum atomic E-state index is 13.9. The monoisotopic (exact) mass is 273 g/mol. The van der Waals surface area contributed by atoms with Gasteiger partial charge in [-0.15, -0.1) is 0 Å². The van der Waals surface area contributed by atoms with Crippen LogP contribution in [0, 0.1) is 24.4 Å². The number of phenolic OH excluding ortho intramolecular Hbond substituents is 1. The summed E-state index contributed by atoms with van der Waals surface area (Å²) in [6, 6.07) is 0. The van der Waals surface area contributed by atoms with Gasteiger partial charge in [-0.2, -0.15) is 4.39 Å². The zero-order valence-corrected chi connectivity index (χ0v) is 11.0. The number of halogens is 3. The van der Waals surface area contributed by atoms with E-state index in [1.54, 1.807) is 20.8 Å². The number of hydrogen-bond acceptors (Lipinski definition) is 3. The molecule has 0 spiro atoms. The Kier molecular flexibility index (Phi) is 2.99. The maximum Gasteiger partial charge on any atom is 0.220 e. The van der Waals surface area contributed by atoms with Crippen molar-refractivity contribution in [3.8, 4) is 5.75 Å². The second kappa shape index (κ2) is 4.15. The van der Waals surface area contributed by atoms with Gasteiger partial charge in [0.05, 0.1) is 11.1 Å². The van der Waals surface area contributed by atoms with Gasteiger partial charge in [0.2, 0.25) is 11.7 Å². The molecule has 1 aromatic rings. The molecule has 1 heterocycles. The minimum atomic E-state index is -1.61. The minimum absolute atomic E-state index is 0.123. The van der Waals surface area contributed by atoms with Crippen molar-refractivity contribution in [1.82, 2.24) is 0 Å². The van der Waals surface area contributed by atoms with Crippen LogP contribution in [0.25, 0.3) is 0 Å². The zero-order chi connectivity index (χ0) is 14.5. The van der Waals surface area contributed by atoms with E-state index in [1.165, 1.54) is 6.92 Å². The van der Waals surface area contributed by atoms with Crippen LogP contribution in [0.15, 0.2) is 4.99 Å². The number of nitrogens with zero attached hydrogens (tertiary/aromatic N) is 1. The van der Waals surface area contributed by atoms with Gasteiger partial charge in [-0.1, -0.05) is 0 Å². The molecule has 1 aliphatic heterocycles. The van der Waals surface area contributed by atoms with E-state index in [0.717, 1.165) is 0 Å². The van der Waals surface area contributed by atoms with Crippen molar-refractivity contribution in [1.29, 1.82) is 0 Å². The molecule has 2 rings (SSSR count). The van der Waals surface area contributed by atoms with Crippen molar-refractivity contribution in [3.05, 3.63) is 28.6 Å². The summed E-state index contributed by atoms with van der Waals surface area (Å²) in [6.45, 7) is 6.50. The Morgan fingerprint density at radius 1 is 1.16 bits per heavy atom. The van der Waals surface area contributed by atoms with E-state index in [-0.39, 0.29) is 23.1 Å². The van der Waals surface area contributed by atoms with Gasteiger partial charge in [-0.25, -0.2) is 13.8 Å². The van der Waals surface area contributed by atoms with Crippen LogP contribution in [-0.4, -0.2) is 22.6 Å². The molecule has 0 fully saturated rings. The fourth-order valence-corrected chi connectivity index (χ4v) is 1.82. The van der Waals surface area contributed by atoms with Gasteiger partial charge in [0.15, 0.2) is 17.4 Å². The quantitative estimate of drug-likeness (QED) is 0.799. The molecule has 0 bridgehead atoms. The van der Waals surface area contributed by atoms with Crippen LogP contribution in [0.3, 0.4) is 0 Å². The summed E-state index contributed by atoms with van der Waals surface area (Å²) in [5.74, 6) is -5.66. The molecule has 3 nitrogen and oxygen atoms in total. The molecular weight excluding hydrogens is 259 g/mol. The molecule has 19 heavy (non-hydrogen) atoms. The van der Waals surface area contributed by atoms with Crippen molar-refractivity contribution < 1.29 is 23.0 Å². The molecule has 1 atom stereocenters. The van der Waals surface area contributed by atoms with Gasteiger partial charge in [0, 0.05) is 5.56 Å². The third-order valence-electron chi connectivity index (χ3n) is 3.42. The van der Waals surface area contributed by atoms with Crippen LogP contribution in [0.5, 0.6) is 5.75 Å². The Bertz CT molecular complexity index is 553. The molecule has 1 aromatic carbocycles. The number of rotatable bonds is 1. The van der Waals surface area contributed by atoms with Gasteiger partial charge in [0.25, 0.3) is 0 Å². The lowest BCUT2D eigenvalue weighted by Crippen LogP contribution is -2.28. The van der Waals surface area contributed by atoms with Gasteiger partial charge in [0.1, 0.15) is 6.10 Å². The van der Waals surface area contributed by atoms with E-state index in [9.17, 15) is 18.3 Å². The van der Waals surface area contributed by atoms with E-state index < -0.39 is 28.7 Å². The van der Waals surface area contributed by atoms with Crippen LogP contribution in [0.1, 0.15) is 31.9 Å². The molecule has 0 aliphatic carbocycles. The topological polar surface area (TPSA) is 41.8 Å². The van der Waals surface area contributed by atoms with E-state index in [0.29, 0.717) is 0 Å². The first-order chi connectivity index (χ1) is 8.66. The van der Waals surface area contributed by atoms with Crippen LogP contribution in [0.4, 0.5) is 13.2 Å². The summed E-state index contributed by atoms with van der Waals surface area (Å²) in [6.07, 6.45) is -0.337. The van der Waals surface area contributed by atoms with Crippen molar-refractivity contribution >= 4 is 5.90 Å². The van der Waals surface area contributed by atoms with Gasteiger partial charge in [-0.05, 0) is 27.7 Å². The molecule has 0 saturated heterocycles. The number of ether oxygens (including phenoxy) is 1. The Morgan fingerprint density at radius 2 is 1.74 bits per heavy atom. The average molecular weight is 273 g/mol. The maximum absolute atomic E-state index is 13.9. The summed E-state index contributed by atoms with van der Waals surface area (Å²) in [5, 5.41) is 9.25. The summed E-state index contributed by atoms with van der Waals surface area (Å²) in [4.78, 5) is 4.16. The molecule has 0 radical (unpaired) electrons. The largest absolute Gasteiger partial charge is 0.503 e. The Labute approximate surface area is 108 Å². The van der Waals surface area contributed by atoms with Gasteiger partial charge >= 0.3 is 0 Å². The van der Waals surface area contributed by atoms with E-state index in [4.69, 9.17) is 4.74 Å². The normalized spacial score (nSPS) is 21.2. The lowest BCUT2D eigenvalue weighted by atomic mass is 10.0. The number of hydrogen-bond donors (Lipinski definition) is 1. The highest BCUT2D eigenvalue weighted by Gasteiger charge is 2.38. The number of aliphatic imine (C=N–C) groups is 1. The second-order valence-electron chi connectivity index (χ2n) is 5.12. The van der Waals surface area contributed by atoms with Crippen molar-refractivity contribution in [3.63, 3.8) is 0 Å². The van der Waals surface area contributed by atoms with E-state index in [1.807, 2.05) is 0 Å². The van der Waals surface area contributed by atoms with Crippen molar-refractivity contribution in [2.75, 3.05) is 0 Å². The summed E-state index contributed by atoms with van der Waals surface area (Å²) < 4.78 is 46.1. The van der Waals surface area contributed by atoms with Crippen LogP contribution < -0.4 is 0 Å². The molecule has 0 saturated carbocycles. The van der Waals surface area contributed by atoms with Crippen LogP contribution in [-0.2, 0) is 4.74 Å². The fourth-order valence-electron chi connectivity index (χ4n) is 1.82. The first kappa shape index (κ1) is 13.7. The molecule has 0 aromatic heterocycles. The van der Waals surface area contributed by atoms with Crippen LogP contribution in [0.2, 0.25) is 0 Å². The fraction of sp³-hybridized carbons (Fsp3) is 0.462. The van der Waals surface area contributed by atoms with E-state index in [2.05, 4.69) is 4.99 Å². The molecule has 1 N–H and O–H groups in total. The zero-order valence-electron chi connectivity index (χ0n) is 11.0. The first-order valence-electron chi connectivity index (χ1n) is 5.79. The number of phenols is 1. The summed E-state index contributed by atoms with van der Waals surface area (Å²) in [7, 11) is 0. The third kappa shape index (κ3) is 1.95. The second-order valence-corrected chi connectivity index (χ2v) is 5.12.